The van der Waals surface area contributed by atoms with Gasteiger partial charge in [-0.05, 0) is 12.8 Å². The molecule has 0 aliphatic carbocycles. The normalized spacial score (nSPS) is 8.06. The van der Waals surface area contributed by atoms with E-state index in [1.54, 1.807) is 0 Å². The Morgan fingerprint density at radius 3 is 2.12 bits per heavy atom. The predicted octanol–water partition coefficient (Wildman–Crippen LogP) is 3.23. The van der Waals surface area contributed by atoms with Crippen LogP contribution < -0.4 is 5.32 Å². The number of carbonyl (C=O) groups excluding carboxylic acids is 2. The molecule has 0 fully saturated rings. The molecule has 1 amide bonds. The van der Waals surface area contributed by atoms with Crippen LogP contribution in [0.2, 0.25) is 0 Å². The van der Waals surface area contributed by atoms with Crippen molar-refractivity contribution in [1.82, 2.24) is 5.32 Å². The molecule has 0 aliphatic rings. The van der Waals surface area contributed by atoms with Crippen LogP contribution in [0.1, 0.15) is 59.8 Å². The number of hydrogen-bond donors (Lipinski definition) is 2. The van der Waals surface area contributed by atoms with Gasteiger partial charge >= 0.3 is 0 Å². The number of nitrogens with one attached hydrogen (secondary N) is 1. The second kappa shape index (κ2) is 24.6. The minimum Gasteiger partial charge on any atom is -0.355 e. The third kappa shape index (κ3) is 31.3. The molecule has 0 saturated carbocycles. The molecule has 17 heavy (non-hydrogen) atoms. The first-order valence-corrected chi connectivity index (χ1v) is 7.17. The molecule has 1 N–H and O–H groups in total. The Bertz CT molecular complexity index is 152. The summed E-state index contributed by atoms with van der Waals surface area (Å²) in [5.74, 6) is 0.211. The number of thiol groups is 1. The van der Waals surface area contributed by atoms with Crippen molar-refractivity contribution in [1.29, 1.82) is 0 Å². The van der Waals surface area contributed by atoms with Crippen LogP contribution in [-0.4, -0.2) is 24.5 Å². The largest absolute Gasteiger partial charge is 0.355 e. The number of carbonyl (C=O) groups is 2. The van der Waals surface area contributed by atoms with Gasteiger partial charge in [-0.25, -0.2) is 0 Å². The van der Waals surface area contributed by atoms with Crippen LogP contribution in [0.5, 0.6) is 0 Å². The number of rotatable bonds is 7. The SMILES string of the molecule is CC.CCC.O=CCCCCCNC(=O)CS. The van der Waals surface area contributed by atoms with Gasteiger partial charge in [0.2, 0.25) is 5.91 Å². The van der Waals surface area contributed by atoms with Crippen molar-refractivity contribution in [3.8, 4) is 0 Å². The molecule has 0 rings (SSSR count). The van der Waals surface area contributed by atoms with Gasteiger partial charge in [-0.3, -0.25) is 4.79 Å². The van der Waals surface area contributed by atoms with Crippen LogP contribution in [0.15, 0.2) is 0 Å². The Labute approximate surface area is 112 Å². The summed E-state index contributed by atoms with van der Waals surface area (Å²) in [6, 6.07) is 0. The van der Waals surface area contributed by atoms with Gasteiger partial charge in [0.25, 0.3) is 0 Å². The lowest BCUT2D eigenvalue weighted by atomic mass is 10.2. The summed E-state index contributed by atoms with van der Waals surface area (Å²) in [6.07, 6.45) is 5.64. The van der Waals surface area contributed by atoms with Gasteiger partial charge < -0.3 is 10.1 Å². The van der Waals surface area contributed by atoms with Crippen LogP contribution >= 0.6 is 12.6 Å². The summed E-state index contributed by atoms with van der Waals surface area (Å²) in [5, 5.41) is 2.71. The molecule has 0 unspecified atom stereocenters. The molecule has 0 aromatic carbocycles. The van der Waals surface area contributed by atoms with Crippen LogP contribution in [0.4, 0.5) is 0 Å². The first-order chi connectivity index (χ1) is 8.22. The zero-order chi connectivity index (χ0) is 13.9. The fourth-order valence-electron chi connectivity index (χ4n) is 0.813. The van der Waals surface area contributed by atoms with Crippen molar-refractivity contribution in [2.24, 2.45) is 0 Å². The van der Waals surface area contributed by atoms with E-state index in [1.807, 2.05) is 13.8 Å². The number of aldehydes is 1. The summed E-state index contributed by atoms with van der Waals surface area (Å²) in [7, 11) is 0. The highest BCUT2D eigenvalue weighted by Gasteiger charge is 1.94. The maximum absolute atomic E-state index is 10.7. The van der Waals surface area contributed by atoms with Gasteiger partial charge in [-0.2, -0.15) is 12.6 Å². The monoisotopic (exact) mass is 263 g/mol. The molecule has 0 atom stereocenters. The lowest BCUT2D eigenvalue weighted by molar-refractivity contribution is -0.118. The molecule has 0 aromatic heterocycles. The minimum atomic E-state index is -0.0336. The molecule has 104 valence electrons. The summed E-state index contributed by atoms with van der Waals surface area (Å²) < 4.78 is 0. The highest BCUT2D eigenvalue weighted by atomic mass is 32.1. The second-order valence-corrected chi connectivity index (χ2v) is 3.55. The average molecular weight is 263 g/mol. The maximum atomic E-state index is 10.7. The molecule has 0 heterocycles. The van der Waals surface area contributed by atoms with E-state index in [4.69, 9.17) is 0 Å². The molecular formula is C13H29NO2S. The van der Waals surface area contributed by atoms with E-state index in [0.717, 1.165) is 25.5 Å². The molecule has 0 saturated heterocycles. The van der Waals surface area contributed by atoms with E-state index >= 15 is 0 Å². The van der Waals surface area contributed by atoms with E-state index in [0.29, 0.717) is 13.0 Å². The Hall–Kier alpha value is -0.510. The topological polar surface area (TPSA) is 46.2 Å². The van der Waals surface area contributed by atoms with E-state index in [-0.39, 0.29) is 11.7 Å². The quantitative estimate of drug-likeness (QED) is 0.421. The third-order valence-corrected chi connectivity index (χ3v) is 1.75. The van der Waals surface area contributed by atoms with Crippen molar-refractivity contribution in [2.75, 3.05) is 12.3 Å². The lowest BCUT2D eigenvalue weighted by Gasteiger charge is -2.01. The average Bonchev–Trinajstić information content (AvgIpc) is 2.36. The first-order valence-electron chi connectivity index (χ1n) is 6.54. The van der Waals surface area contributed by atoms with Crippen LogP contribution in [0, 0.1) is 0 Å². The maximum Gasteiger partial charge on any atom is 0.229 e. The van der Waals surface area contributed by atoms with Crippen molar-refractivity contribution in [2.45, 2.75) is 59.8 Å². The molecule has 4 heteroatoms. The fraction of sp³-hybridized carbons (Fsp3) is 0.846. The Kier molecular flexibility index (Phi) is 31.5. The summed E-state index contributed by atoms with van der Waals surface area (Å²) in [5.41, 5.74) is 0. The smallest absolute Gasteiger partial charge is 0.229 e. The van der Waals surface area contributed by atoms with Gasteiger partial charge in [0.1, 0.15) is 6.29 Å². The second-order valence-electron chi connectivity index (χ2n) is 3.23. The van der Waals surface area contributed by atoms with Crippen LogP contribution in [0.25, 0.3) is 0 Å². The summed E-state index contributed by atoms with van der Waals surface area (Å²) in [4.78, 5) is 20.6. The van der Waals surface area contributed by atoms with E-state index in [2.05, 4.69) is 31.8 Å². The van der Waals surface area contributed by atoms with Gasteiger partial charge in [-0.15, -0.1) is 0 Å². The minimum absolute atomic E-state index is 0.0336. The molecular weight excluding hydrogens is 234 g/mol. The highest BCUT2D eigenvalue weighted by Crippen LogP contribution is 1.95. The molecule has 0 bridgehead atoms. The van der Waals surface area contributed by atoms with Crippen molar-refractivity contribution < 1.29 is 9.59 Å². The standard InChI is InChI=1S/C8H15NO2S.C3H8.C2H6/c10-6-4-2-1-3-5-9-8(11)7-12;1-3-2;1-2/h6,12H,1-5,7H2,(H,9,11);3H2,1-2H3;1-2H3. The molecule has 0 radical (unpaired) electrons. The zero-order valence-corrected chi connectivity index (χ0v) is 12.7. The van der Waals surface area contributed by atoms with E-state index in [9.17, 15) is 9.59 Å². The van der Waals surface area contributed by atoms with Crippen molar-refractivity contribution in [3.05, 3.63) is 0 Å². The highest BCUT2D eigenvalue weighted by molar-refractivity contribution is 7.81. The van der Waals surface area contributed by atoms with Gasteiger partial charge in [-0.1, -0.05) is 40.5 Å². The van der Waals surface area contributed by atoms with Gasteiger partial charge in [0, 0.05) is 13.0 Å². The third-order valence-electron chi connectivity index (χ3n) is 1.46. The molecule has 3 nitrogen and oxygen atoms in total. The molecule has 0 spiro atoms. The van der Waals surface area contributed by atoms with Crippen LogP contribution in [-0.2, 0) is 9.59 Å². The van der Waals surface area contributed by atoms with E-state index in [1.165, 1.54) is 6.42 Å². The fourth-order valence-corrected chi connectivity index (χ4v) is 0.925. The van der Waals surface area contributed by atoms with Crippen LogP contribution in [0.3, 0.4) is 0 Å². The zero-order valence-electron chi connectivity index (χ0n) is 11.8. The summed E-state index contributed by atoms with van der Waals surface area (Å²) in [6.45, 7) is 8.94. The Balaban J connectivity index is -0.000000337. The van der Waals surface area contributed by atoms with Crippen molar-refractivity contribution in [3.63, 3.8) is 0 Å². The predicted molar refractivity (Wildman–Crippen MR) is 78.7 cm³/mol. The molecule has 0 aromatic rings. The van der Waals surface area contributed by atoms with Crippen molar-refractivity contribution >= 4 is 24.8 Å². The van der Waals surface area contributed by atoms with Gasteiger partial charge in [0.05, 0.1) is 5.75 Å². The number of hydrogen-bond acceptors (Lipinski definition) is 3. The molecule has 0 aliphatic heterocycles. The Morgan fingerprint density at radius 1 is 1.18 bits per heavy atom. The van der Waals surface area contributed by atoms with Gasteiger partial charge in [0.15, 0.2) is 0 Å². The number of amides is 1. The number of unbranched alkanes of at least 4 members (excludes halogenated alkanes) is 3. The summed E-state index contributed by atoms with van der Waals surface area (Å²) >= 11 is 3.82. The Morgan fingerprint density at radius 2 is 1.71 bits per heavy atom. The lowest BCUT2D eigenvalue weighted by Crippen LogP contribution is -2.25. The van der Waals surface area contributed by atoms with E-state index < -0.39 is 0 Å². The first kappa shape index (κ1) is 21.7.